The van der Waals surface area contributed by atoms with Gasteiger partial charge < -0.3 is 4.74 Å². The van der Waals surface area contributed by atoms with Crippen LogP contribution in [0.15, 0.2) is 18.2 Å². The minimum atomic E-state index is -0.491. The van der Waals surface area contributed by atoms with Crippen LogP contribution in [-0.2, 0) is 9.53 Å². The number of esters is 1. The van der Waals surface area contributed by atoms with Gasteiger partial charge in [0.1, 0.15) is 10.3 Å². The molecule has 0 saturated carbocycles. The normalized spacial score (nSPS) is 13.7. The van der Waals surface area contributed by atoms with Crippen LogP contribution in [0.1, 0.15) is 70.1 Å². The molecule has 0 bridgehead atoms. The van der Waals surface area contributed by atoms with E-state index in [-0.39, 0.29) is 5.97 Å². The molecule has 3 heteroatoms. The van der Waals surface area contributed by atoms with Gasteiger partial charge in [-0.2, -0.15) is 0 Å². The molecule has 23 heavy (non-hydrogen) atoms. The fourth-order valence-corrected chi connectivity index (χ4v) is 3.03. The molecule has 0 heterocycles. The number of benzene rings is 1. The second-order valence-electron chi connectivity index (χ2n) is 7.61. The number of aryl methyl sites for hydroxylation is 2. The first kappa shape index (κ1) is 20.1. The molecular formula is C20H32O2S. The zero-order valence-electron chi connectivity index (χ0n) is 15.9. The van der Waals surface area contributed by atoms with Crippen molar-refractivity contribution in [2.45, 2.75) is 77.6 Å². The Morgan fingerprint density at radius 2 is 1.70 bits per heavy atom. The minimum absolute atomic E-state index is 0.130. The van der Waals surface area contributed by atoms with E-state index < -0.39 is 10.3 Å². The Balaban J connectivity index is 2.71. The largest absolute Gasteiger partial charge is 0.459 e. The Morgan fingerprint density at radius 3 is 2.17 bits per heavy atom. The topological polar surface area (TPSA) is 26.3 Å². The van der Waals surface area contributed by atoms with E-state index in [1.807, 2.05) is 34.0 Å². The third-order valence-corrected chi connectivity index (χ3v) is 5.77. The first-order valence-electron chi connectivity index (χ1n) is 8.35. The fraction of sp³-hybridized carbons (Fsp3) is 0.650. The van der Waals surface area contributed by atoms with Gasteiger partial charge in [0.15, 0.2) is 0 Å². The van der Waals surface area contributed by atoms with Crippen molar-refractivity contribution >= 4 is 17.7 Å². The number of hydrogen-bond acceptors (Lipinski definition) is 3. The van der Waals surface area contributed by atoms with E-state index in [0.717, 1.165) is 12.8 Å². The third-order valence-electron chi connectivity index (χ3n) is 4.59. The molecule has 0 aromatic heterocycles. The van der Waals surface area contributed by atoms with Crippen molar-refractivity contribution in [1.29, 1.82) is 0 Å². The molecular weight excluding hydrogens is 304 g/mol. The lowest BCUT2D eigenvalue weighted by molar-refractivity contribution is -0.159. The van der Waals surface area contributed by atoms with Crippen molar-refractivity contribution in [3.63, 3.8) is 0 Å². The highest BCUT2D eigenvalue weighted by Gasteiger charge is 2.33. The van der Waals surface area contributed by atoms with Gasteiger partial charge in [-0.1, -0.05) is 25.1 Å². The number of hydrogen-bond donors (Lipinski definition) is 0. The first-order valence-corrected chi connectivity index (χ1v) is 9.57. The molecule has 0 aliphatic carbocycles. The molecule has 0 radical (unpaired) electrons. The number of carbonyl (C=O) groups is 1. The summed E-state index contributed by atoms with van der Waals surface area (Å²) in [4.78, 5) is 12.3. The standard InChI is InChI=1S/C20H32O2S/c1-14-10-9-11-15(2)17(14)16(3)12-13-19(4,5)22-18(21)20(6,7)23-8/h9-11,16H,12-13H2,1-8H3. The average Bonchev–Trinajstić information content (AvgIpc) is 2.44. The number of ether oxygens (including phenoxy) is 1. The Morgan fingerprint density at radius 1 is 1.17 bits per heavy atom. The highest BCUT2D eigenvalue weighted by molar-refractivity contribution is 8.00. The lowest BCUT2D eigenvalue weighted by Crippen LogP contribution is -2.37. The lowest BCUT2D eigenvalue weighted by Gasteiger charge is -2.31. The van der Waals surface area contributed by atoms with Crippen LogP contribution in [0.4, 0.5) is 0 Å². The monoisotopic (exact) mass is 336 g/mol. The zero-order valence-corrected chi connectivity index (χ0v) is 16.8. The van der Waals surface area contributed by atoms with E-state index in [1.165, 1.54) is 28.5 Å². The third kappa shape index (κ3) is 5.56. The molecule has 0 amide bonds. The van der Waals surface area contributed by atoms with Crippen LogP contribution in [0.2, 0.25) is 0 Å². The maximum absolute atomic E-state index is 12.3. The Bertz CT molecular complexity index is 526. The Labute approximate surface area is 146 Å². The minimum Gasteiger partial charge on any atom is -0.459 e. The zero-order chi connectivity index (χ0) is 17.8. The number of thioether (sulfide) groups is 1. The van der Waals surface area contributed by atoms with Crippen molar-refractivity contribution < 1.29 is 9.53 Å². The summed E-state index contributed by atoms with van der Waals surface area (Å²) in [5.41, 5.74) is 3.68. The molecule has 0 N–H and O–H groups in total. The Kier molecular flexibility index (Phi) is 6.76. The van der Waals surface area contributed by atoms with Crippen molar-refractivity contribution in [3.05, 3.63) is 34.9 Å². The summed E-state index contributed by atoms with van der Waals surface area (Å²) in [5, 5.41) is 0. The molecule has 1 atom stereocenters. The lowest BCUT2D eigenvalue weighted by atomic mass is 9.86. The van der Waals surface area contributed by atoms with Gasteiger partial charge in [-0.05, 0) is 83.2 Å². The van der Waals surface area contributed by atoms with Crippen molar-refractivity contribution in [3.8, 4) is 0 Å². The molecule has 0 saturated heterocycles. The van der Waals surface area contributed by atoms with Crippen LogP contribution in [0.3, 0.4) is 0 Å². The van der Waals surface area contributed by atoms with Crippen LogP contribution >= 0.6 is 11.8 Å². The molecule has 1 unspecified atom stereocenters. The van der Waals surface area contributed by atoms with Gasteiger partial charge in [-0.25, -0.2) is 0 Å². The summed E-state index contributed by atoms with van der Waals surface area (Å²) in [6, 6.07) is 6.45. The van der Waals surface area contributed by atoms with E-state index in [9.17, 15) is 4.79 Å². The van der Waals surface area contributed by atoms with Gasteiger partial charge in [0.05, 0.1) is 0 Å². The Hall–Kier alpha value is -0.960. The van der Waals surface area contributed by atoms with Gasteiger partial charge in [0.2, 0.25) is 0 Å². The van der Waals surface area contributed by atoms with E-state index in [1.54, 1.807) is 0 Å². The predicted molar refractivity (Wildman–Crippen MR) is 101 cm³/mol. The van der Waals surface area contributed by atoms with E-state index in [2.05, 4.69) is 39.0 Å². The maximum atomic E-state index is 12.3. The summed E-state index contributed by atoms with van der Waals surface area (Å²) in [7, 11) is 0. The average molecular weight is 337 g/mol. The quantitative estimate of drug-likeness (QED) is 0.602. The number of rotatable bonds is 7. The van der Waals surface area contributed by atoms with Gasteiger partial charge in [-0.15, -0.1) is 11.8 Å². The molecule has 1 aromatic rings. The smallest absolute Gasteiger partial charge is 0.322 e. The molecule has 0 aliphatic heterocycles. The van der Waals surface area contributed by atoms with Crippen LogP contribution < -0.4 is 0 Å². The second kappa shape index (κ2) is 7.74. The molecule has 1 rings (SSSR count). The van der Waals surface area contributed by atoms with Gasteiger partial charge >= 0.3 is 5.97 Å². The van der Waals surface area contributed by atoms with Crippen LogP contribution in [0.5, 0.6) is 0 Å². The summed E-state index contributed by atoms with van der Waals surface area (Å²) in [6.07, 6.45) is 3.81. The molecule has 0 fully saturated rings. The summed E-state index contributed by atoms with van der Waals surface area (Å²) in [6.45, 7) is 14.5. The first-order chi connectivity index (χ1) is 10.5. The molecule has 130 valence electrons. The van der Waals surface area contributed by atoms with Crippen LogP contribution in [0, 0.1) is 13.8 Å². The summed E-state index contributed by atoms with van der Waals surface area (Å²) >= 11 is 1.53. The van der Waals surface area contributed by atoms with Crippen molar-refractivity contribution in [1.82, 2.24) is 0 Å². The van der Waals surface area contributed by atoms with Gasteiger partial charge in [0.25, 0.3) is 0 Å². The molecule has 1 aromatic carbocycles. The van der Waals surface area contributed by atoms with Gasteiger partial charge in [-0.3, -0.25) is 4.79 Å². The second-order valence-corrected chi connectivity index (χ2v) is 9.04. The van der Waals surface area contributed by atoms with Crippen molar-refractivity contribution in [2.75, 3.05) is 6.26 Å². The van der Waals surface area contributed by atoms with Crippen LogP contribution in [0.25, 0.3) is 0 Å². The van der Waals surface area contributed by atoms with Gasteiger partial charge in [0, 0.05) is 0 Å². The SMILES string of the molecule is CSC(C)(C)C(=O)OC(C)(C)CCC(C)c1c(C)cccc1C. The molecule has 2 nitrogen and oxygen atoms in total. The van der Waals surface area contributed by atoms with E-state index in [4.69, 9.17) is 4.74 Å². The predicted octanol–water partition coefficient (Wildman–Crippen LogP) is 5.65. The summed E-state index contributed by atoms with van der Waals surface area (Å²) in [5.74, 6) is 0.331. The van der Waals surface area contributed by atoms with Crippen molar-refractivity contribution in [2.24, 2.45) is 0 Å². The molecule has 0 aliphatic rings. The van der Waals surface area contributed by atoms with Crippen LogP contribution in [-0.4, -0.2) is 22.6 Å². The molecule has 0 spiro atoms. The highest BCUT2D eigenvalue weighted by atomic mass is 32.2. The van der Waals surface area contributed by atoms with E-state index in [0.29, 0.717) is 5.92 Å². The maximum Gasteiger partial charge on any atom is 0.322 e. The summed E-state index contributed by atoms with van der Waals surface area (Å²) < 4.78 is 5.29. The fourth-order valence-electron chi connectivity index (χ4n) is 2.82. The highest BCUT2D eigenvalue weighted by Crippen LogP contribution is 2.32. The van der Waals surface area contributed by atoms with E-state index >= 15 is 0 Å². The number of carbonyl (C=O) groups excluding carboxylic acids is 1.